The fourth-order valence-corrected chi connectivity index (χ4v) is 3.68. The van der Waals surface area contributed by atoms with Crippen molar-refractivity contribution in [2.45, 2.75) is 65.0 Å². The highest BCUT2D eigenvalue weighted by Gasteiger charge is 2.38. The molecule has 7 nitrogen and oxygen atoms in total. The van der Waals surface area contributed by atoms with Gasteiger partial charge in [0.2, 0.25) is 16.1 Å². The van der Waals surface area contributed by atoms with E-state index in [0.717, 1.165) is 5.56 Å². The van der Waals surface area contributed by atoms with Gasteiger partial charge in [-0.05, 0) is 52.2 Å². The maximum Gasteiger partial charge on any atom is 0.348 e. The third kappa shape index (κ3) is 6.91. The molecule has 0 spiro atoms. The van der Waals surface area contributed by atoms with Crippen molar-refractivity contribution in [1.29, 1.82) is 0 Å². The molecule has 1 aromatic carbocycles. The molecule has 0 aromatic heterocycles. The van der Waals surface area contributed by atoms with E-state index in [1.54, 1.807) is 32.9 Å². The lowest BCUT2D eigenvalue weighted by Crippen LogP contribution is -2.51. The van der Waals surface area contributed by atoms with Gasteiger partial charge in [-0.1, -0.05) is 31.5 Å². The van der Waals surface area contributed by atoms with E-state index >= 15 is 0 Å². The van der Waals surface area contributed by atoms with E-state index < -0.39 is 39.5 Å². The minimum Gasteiger partial charge on any atom is -0.466 e. The molecule has 0 bridgehead atoms. The van der Waals surface area contributed by atoms with Crippen LogP contribution in [0, 0.1) is 18.3 Å². The van der Waals surface area contributed by atoms with Gasteiger partial charge in [0.15, 0.2) is 0 Å². The Labute approximate surface area is 167 Å². The van der Waals surface area contributed by atoms with Gasteiger partial charge in [-0.2, -0.15) is 0 Å². The highest BCUT2D eigenvalue weighted by Crippen LogP contribution is 2.21. The summed E-state index contributed by atoms with van der Waals surface area (Å²) < 4.78 is 38.4. The first-order valence-electron chi connectivity index (χ1n) is 9.16. The van der Waals surface area contributed by atoms with E-state index in [0.29, 0.717) is 0 Å². The Kier molecular flexibility index (Phi) is 8.19. The largest absolute Gasteiger partial charge is 0.466 e. The smallest absolute Gasteiger partial charge is 0.348 e. The van der Waals surface area contributed by atoms with Crippen molar-refractivity contribution in [1.82, 2.24) is 4.72 Å². The number of carbonyl (C=O) groups excluding carboxylic acids is 2. The van der Waals surface area contributed by atoms with Gasteiger partial charge in [-0.15, -0.1) is 0 Å². The molecule has 0 aliphatic carbocycles. The Morgan fingerprint density at radius 2 is 1.64 bits per heavy atom. The molecule has 1 aromatic rings. The number of carbonyl (C=O) groups is 2. The molecule has 0 aliphatic rings. The molecule has 8 heteroatoms. The normalized spacial score (nSPS) is 14.4. The molecule has 2 atom stereocenters. The number of benzene rings is 1. The summed E-state index contributed by atoms with van der Waals surface area (Å²) in [5, 5.41) is 0. The SMILES string of the molecule is COC(=O)[C@H](OC(=O)C(C)(C)C)[C@H](CC(C)C)NS(=O)(=O)c1ccc(C)cc1. The molecule has 0 aliphatic heterocycles. The molecule has 0 saturated heterocycles. The summed E-state index contributed by atoms with van der Waals surface area (Å²) in [5.41, 5.74) is 0.0639. The quantitative estimate of drug-likeness (QED) is 0.658. The van der Waals surface area contributed by atoms with Gasteiger partial charge in [-0.3, -0.25) is 4.79 Å². The standard InChI is InChI=1S/C20H31NO6S/c1-13(2)12-16(17(18(22)26-7)27-19(23)20(4,5)6)21-28(24,25)15-10-8-14(3)9-11-15/h8-11,13,16-17,21H,12H2,1-7H3/t16-,17+/m0/s1. The van der Waals surface area contributed by atoms with Crippen molar-refractivity contribution in [3.63, 3.8) is 0 Å². The Bertz CT molecular complexity index is 778. The van der Waals surface area contributed by atoms with Gasteiger partial charge < -0.3 is 9.47 Å². The van der Waals surface area contributed by atoms with Crippen LogP contribution in [0.2, 0.25) is 0 Å². The molecular formula is C20H31NO6S. The van der Waals surface area contributed by atoms with Crippen LogP contribution in [-0.2, 0) is 29.1 Å². The number of methoxy groups -OCH3 is 1. The average Bonchev–Trinajstić information content (AvgIpc) is 2.57. The third-order valence-corrected chi connectivity index (χ3v) is 5.51. The summed E-state index contributed by atoms with van der Waals surface area (Å²) in [6, 6.07) is 5.37. The summed E-state index contributed by atoms with van der Waals surface area (Å²) in [6.45, 7) is 10.6. The van der Waals surface area contributed by atoms with E-state index in [1.165, 1.54) is 19.2 Å². The second kappa shape index (κ2) is 9.52. The summed E-state index contributed by atoms with van der Waals surface area (Å²) >= 11 is 0. The molecule has 158 valence electrons. The van der Waals surface area contributed by atoms with Crippen LogP contribution in [0.4, 0.5) is 0 Å². The molecular weight excluding hydrogens is 382 g/mol. The van der Waals surface area contributed by atoms with Crippen LogP contribution >= 0.6 is 0 Å². The van der Waals surface area contributed by atoms with E-state index in [9.17, 15) is 18.0 Å². The topological polar surface area (TPSA) is 98.8 Å². The van der Waals surface area contributed by atoms with Crippen molar-refractivity contribution in [2.75, 3.05) is 7.11 Å². The van der Waals surface area contributed by atoms with Crippen LogP contribution < -0.4 is 4.72 Å². The molecule has 0 heterocycles. The van der Waals surface area contributed by atoms with Gasteiger partial charge in [0.05, 0.1) is 23.5 Å². The number of ether oxygens (including phenoxy) is 2. The molecule has 1 rings (SSSR count). The Morgan fingerprint density at radius 1 is 1.11 bits per heavy atom. The van der Waals surface area contributed by atoms with Gasteiger partial charge >= 0.3 is 11.9 Å². The Hall–Kier alpha value is -1.93. The number of nitrogens with one attached hydrogen (secondary N) is 1. The van der Waals surface area contributed by atoms with E-state index in [2.05, 4.69) is 4.72 Å². The number of esters is 2. The highest BCUT2D eigenvalue weighted by molar-refractivity contribution is 7.89. The third-order valence-electron chi connectivity index (χ3n) is 4.01. The second-order valence-corrected chi connectivity index (χ2v) is 9.98. The zero-order valence-corrected chi connectivity index (χ0v) is 18.4. The van der Waals surface area contributed by atoms with Gasteiger partial charge in [-0.25, -0.2) is 17.9 Å². The predicted molar refractivity (Wildman–Crippen MR) is 106 cm³/mol. The second-order valence-electron chi connectivity index (χ2n) is 8.27. The summed E-state index contributed by atoms with van der Waals surface area (Å²) in [4.78, 5) is 24.7. The number of rotatable bonds is 8. The monoisotopic (exact) mass is 413 g/mol. The molecule has 28 heavy (non-hydrogen) atoms. The molecule has 0 unspecified atom stereocenters. The van der Waals surface area contributed by atoms with Crippen LogP contribution in [0.15, 0.2) is 29.2 Å². The molecule has 0 radical (unpaired) electrons. The first-order chi connectivity index (χ1) is 12.8. The first kappa shape index (κ1) is 24.1. The fraction of sp³-hybridized carbons (Fsp3) is 0.600. The van der Waals surface area contributed by atoms with Gasteiger partial charge in [0.1, 0.15) is 0 Å². The zero-order chi connectivity index (χ0) is 21.7. The van der Waals surface area contributed by atoms with Crippen molar-refractivity contribution in [3.8, 4) is 0 Å². The summed E-state index contributed by atoms with van der Waals surface area (Å²) in [5.74, 6) is -1.40. The highest BCUT2D eigenvalue weighted by atomic mass is 32.2. The number of aryl methyl sites for hydroxylation is 1. The lowest BCUT2D eigenvalue weighted by molar-refractivity contribution is -0.173. The Balaban J connectivity index is 3.25. The van der Waals surface area contributed by atoms with Crippen molar-refractivity contribution >= 4 is 22.0 Å². The molecule has 0 amide bonds. The summed E-state index contributed by atoms with van der Waals surface area (Å²) in [7, 11) is -2.76. The molecule has 1 N–H and O–H groups in total. The average molecular weight is 414 g/mol. The lowest BCUT2D eigenvalue weighted by Gasteiger charge is -2.29. The van der Waals surface area contributed by atoms with Crippen LogP contribution in [-0.4, -0.2) is 39.6 Å². The van der Waals surface area contributed by atoms with Crippen LogP contribution in [0.5, 0.6) is 0 Å². The van der Waals surface area contributed by atoms with Crippen LogP contribution in [0.25, 0.3) is 0 Å². The van der Waals surface area contributed by atoms with Crippen LogP contribution in [0.3, 0.4) is 0 Å². The minimum absolute atomic E-state index is 0.0335. The maximum atomic E-state index is 12.8. The van der Waals surface area contributed by atoms with E-state index in [-0.39, 0.29) is 17.2 Å². The lowest BCUT2D eigenvalue weighted by atomic mass is 9.96. The molecule has 0 fully saturated rings. The number of hydrogen-bond donors (Lipinski definition) is 1. The maximum absolute atomic E-state index is 12.8. The zero-order valence-electron chi connectivity index (χ0n) is 17.6. The van der Waals surface area contributed by atoms with Crippen molar-refractivity contribution in [2.24, 2.45) is 11.3 Å². The van der Waals surface area contributed by atoms with E-state index in [4.69, 9.17) is 9.47 Å². The van der Waals surface area contributed by atoms with Crippen molar-refractivity contribution in [3.05, 3.63) is 29.8 Å². The fourth-order valence-electron chi connectivity index (χ4n) is 2.43. The minimum atomic E-state index is -3.93. The predicted octanol–water partition coefficient (Wildman–Crippen LogP) is 2.82. The van der Waals surface area contributed by atoms with Gasteiger partial charge in [0.25, 0.3) is 0 Å². The summed E-state index contributed by atoms with van der Waals surface area (Å²) in [6.07, 6.45) is -1.11. The number of hydrogen-bond acceptors (Lipinski definition) is 6. The number of sulfonamides is 1. The Morgan fingerprint density at radius 3 is 2.07 bits per heavy atom. The van der Waals surface area contributed by atoms with Crippen LogP contribution in [0.1, 0.15) is 46.6 Å². The first-order valence-corrected chi connectivity index (χ1v) is 10.6. The van der Waals surface area contributed by atoms with Crippen molar-refractivity contribution < 1.29 is 27.5 Å². The molecule has 0 saturated carbocycles. The van der Waals surface area contributed by atoms with Gasteiger partial charge in [0, 0.05) is 0 Å². The van der Waals surface area contributed by atoms with E-state index in [1.807, 2.05) is 20.8 Å².